The molecule has 2 aliphatic rings. The van der Waals surface area contributed by atoms with Crippen molar-refractivity contribution < 1.29 is 9.15 Å². The van der Waals surface area contributed by atoms with Crippen LogP contribution in [0.1, 0.15) is 38.3 Å². The monoisotopic (exact) mass is 392 g/mol. The van der Waals surface area contributed by atoms with Crippen LogP contribution < -0.4 is 9.64 Å². The van der Waals surface area contributed by atoms with E-state index in [2.05, 4.69) is 72.1 Å². The Bertz CT molecular complexity index is 771. The number of benzene rings is 1. The Kier molecular flexibility index (Phi) is 5.41. The molecular weight excluding hydrogens is 364 g/mol. The van der Waals surface area contributed by atoms with Crippen molar-refractivity contribution in [1.82, 2.24) is 15.1 Å². The standard InChI is InChI=1S/C20H28N4O2.ClH/c1-20(2,3)18-21-22-19(26-18)24-11-14-10-23(4)17(16(14)12-24)13-6-8-15(25-5)9-7-13;/h6-9,14,16-17H,10-12H2,1-5H3;1H/t14-,16+,17+;/m0./s1. The first-order chi connectivity index (χ1) is 12.4. The van der Waals surface area contributed by atoms with Crippen LogP contribution in [0, 0.1) is 11.8 Å². The summed E-state index contributed by atoms with van der Waals surface area (Å²) in [5.41, 5.74) is 1.23. The third kappa shape index (κ3) is 3.65. The Labute approximate surface area is 167 Å². The summed E-state index contributed by atoms with van der Waals surface area (Å²) < 4.78 is 11.3. The fourth-order valence-corrected chi connectivity index (χ4v) is 4.36. The fourth-order valence-electron chi connectivity index (χ4n) is 4.36. The molecule has 1 aromatic heterocycles. The molecule has 2 saturated heterocycles. The Morgan fingerprint density at radius 3 is 2.37 bits per heavy atom. The summed E-state index contributed by atoms with van der Waals surface area (Å²) in [6, 6.07) is 9.57. The second kappa shape index (κ2) is 7.32. The van der Waals surface area contributed by atoms with Gasteiger partial charge in [-0.25, -0.2) is 0 Å². The highest BCUT2D eigenvalue weighted by Gasteiger charge is 2.47. The van der Waals surface area contributed by atoms with Crippen molar-refractivity contribution in [3.05, 3.63) is 35.7 Å². The molecule has 3 atom stereocenters. The zero-order valence-electron chi connectivity index (χ0n) is 16.7. The van der Waals surface area contributed by atoms with Crippen molar-refractivity contribution in [2.24, 2.45) is 11.8 Å². The molecule has 1 aromatic carbocycles. The normalized spacial score (nSPS) is 25.4. The number of hydrogen-bond donors (Lipinski definition) is 0. The molecule has 2 aliphatic heterocycles. The third-order valence-electron chi connectivity index (χ3n) is 5.68. The first kappa shape index (κ1) is 20.0. The van der Waals surface area contributed by atoms with Crippen molar-refractivity contribution in [1.29, 1.82) is 0 Å². The van der Waals surface area contributed by atoms with Crippen LogP contribution in [0.3, 0.4) is 0 Å². The predicted octanol–water partition coefficient (Wildman–Crippen LogP) is 3.54. The molecular formula is C20H29ClN4O2. The van der Waals surface area contributed by atoms with Gasteiger partial charge in [0.2, 0.25) is 5.89 Å². The van der Waals surface area contributed by atoms with E-state index in [4.69, 9.17) is 9.15 Å². The number of anilines is 1. The number of likely N-dealkylation sites (tertiary alicyclic amines) is 1. The van der Waals surface area contributed by atoms with E-state index in [1.54, 1.807) is 7.11 Å². The molecule has 148 valence electrons. The summed E-state index contributed by atoms with van der Waals surface area (Å²) in [5.74, 6) is 2.79. The van der Waals surface area contributed by atoms with Gasteiger partial charge in [0.25, 0.3) is 0 Å². The average molecular weight is 393 g/mol. The highest BCUT2D eigenvalue weighted by atomic mass is 35.5. The number of nitrogens with zero attached hydrogens (tertiary/aromatic N) is 4. The highest BCUT2D eigenvalue weighted by molar-refractivity contribution is 5.85. The van der Waals surface area contributed by atoms with E-state index in [0.717, 1.165) is 25.4 Å². The van der Waals surface area contributed by atoms with Gasteiger partial charge in [0.15, 0.2) is 0 Å². The molecule has 3 heterocycles. The van der Waals surface area contributed by atoms with Gasteiger partial charge in [0.05, 0.1) is 7.11 Å². The third-order valence-corrected chi connectivity index (χ3v) is 5.68. The molecule has 0 unspecified atom stereocenters. The first-order valence-electron chi connectivity index (χ1n) is 9.30. The van der Waals surface area contributed by atoms with Crippen LogP contribution in [0.4, 0.5) is 6.01 Å². The van der Waals surface area contributed by atoms with Gasteiger partial charge in [0, 0.05) is 37.0 Å². The second-order valence-electron chi connectivity index (χ2n) is 8.63. The molecule has 2 fully saturated rings. The minimum atomic E-state index is -0.118. The molecule has 0 bridgehead atoms. The lowest BCUT2D eigenvalue weighted by molar-refractivity contribution is 0.278. The van der Waals surface area contributed by atoms with E-state index < -0.39 is 0 Å². The molecule has 27 heavy (non-hydrogen) atoms. The summed E-state index contributed by atoms with van der Waals surface area (Å²) in [6.45, 7) is 9.32. The zero-order chi connectivity index (χ0) is 18.5. The second-order valence-corrected chi connectivity index (χ2v) is 8.63. The Balaban J connectivity index is 0.00000210. The van der Waals surface area contributed by atoms with Crippen LogP contribution in [0.2, 0.25) is 0 Å². The molecule has 6 nitrogen and oxygen atoms in total. The van der Waals surface area contributed by atoms with Crippen LogP contribution in [0.25, 0.3) is 0 Å². The maximum atomic E-state index is 5.97. The molecule has 7 heteroatoms. The van der Waals surface area contributed by atoms with E-state index >= 15 is 0 Å². The number of aromatic nitrogens is 2. The number of fused-ring (bicyclic) bond motifs is 1. The van der Waals surface area contributed by atoms with Gasteiger partial charge in [-0.1, -0.05) is 38.0 Å². The number of methoxy groups -OCH3 is 1. The van der Waals surface area contributed by atoms with Gasteiger partial charge in [-0.3, -0.25) is 4.90 Å². The average Bonchev–Trinajstić information content (AvgIpc) is 3.28. The SMILES string of the molecule is COc1ccc([C@@H]2[C@@H]3CN(c4nnc(C(C)(C)C)o4)C[C@@H]3CN2C)cc1.Cl. The molecule has 0 radical (unpaired) electrons. The predicted molar refractivity (Wildman–Crippen MR) is 108 cm³/mol. The van der Waals surface area contributed by atoms with Gasteiger partial charge >= 0.3 is 6.01 Å². The summed E-state index contributed by atoms with van der Waals surface area (Å²) in [7, 11) is 3.93. The van der Waals surface area contributed by atoms with Crippen molar-refractivity contribution >= 4 is 18.4 Å². The molecule has 4 rings (SSSR count). The summed E-state index contributed by atoms with van der Waals surface area (Å²) in [6.07, 6.45) is 0. The fraction of sp³-hybridized carbons (Fsp3) is 0.600. The molecule has 0 N–H and O–H groups in total. The van der Waals surface area contributed by atoms with E-state index in [1.807, 2.05) is 0 Å². The van der Waals surface area contributed by atoms with E-state index in [1.165, 1.54) is 5.56 Å². The van der Waals surface area contributed by atoms with E-state index in [-0.39, 0.29) is 17.8 Å². The molecule has 2 aromatic rings. The first-order valence-corrected chi connectivity index (χ1v) is 9.30. The molecule has 0 amide bonds. The minimum absolute atomic E-state index is 0. The number of halogens is 1. The van der Waals surface area contributed by atoms with Crippen molar-refractivity contribution in [3.63, 3.8) is 0 Å². The van der Waals surface area contributed by atoms with Crippen LogP contribution in [0.5, 0.6) is 5.75 Å². The van der Waals surface area contributed by atoms with Crippen LogP contribution in [-0.4, -0.2) is 48.9 Å². The number of rotatable bonds is 3. The van der Waals surface area contributed by atoms with Gasteiger partial charge in [-0.15, -0.1) is 17.5 Å². The molecule has 0 saturated carbocycles. The lowest BCUT2D eigenvalue weighted by Crippen LogP contribution is -2.29. The van der Waals surface area contributed by atoms with Crippen LogP contribution in [-0.2, 0) is 5.41 Å². The van der Waals surface area contributed by atoms with E-state index in [9.17, 15) is 0 Å². The summed E-state index contributed by atoms with van der Waals surface area (Å²) in [4.78, 5) is 4.74. The molecule has 0 aliphatic carbocycles. The number of ether oxygens (including phenoxy) is 1. The van der Waals surface area contributed by atoms with Crippen LogP contribution >= 0.6 is 12.4 Å². The smallest absolute Gasteiger partial charge is 0.318 e. The maximum Gasteiger partial charge on any atom is 0.318 e. The maximum absolute atomic E-state index is 5.97. The lowest BCUT2D eigenvalue weighted by Gasteiger charge is -2.26. The highest BCUT2D eigenvalue weighted by Crippen LogP contribution is 2.45. The largest absolute Gasteiger partial charge is 0.497 e. The van der Waals surface area contributed by atoms with Crippen molar-refractivity contribution in [2.75, 3.05) is 38.7 Å². The zero-order valence-corrected chi connectivity index (χ0v) is 17.5. The molecule has 0 spiro atoms. The van der Waals surface area contributed by atoms with Gasteiger partial charge in [-0.05, 0) is 30.7 Å². The Hall–Kier alpha value is -1.79. The topological polar surface area (TPSA) is 54.6 Å². The van der Waals surface area contributed by atoms with Crippen molar-refractivity contribution in [2.45, 2.75) is 32.2 Å². The Morgan fingerprint density at radius 2 is 1.78 bits per heavy atom. The minimum Gasteiger partial charge on any atom is -0.497 e. The lowest BCUT2D eigenvalue weighted by atomic mass is 9.89. The van der Waals surface area contributed by atoms with Gasteiger partial charge in [0.1, 0.15) is 5.75 Å². The van der Waals surface area contributed by atoms with Crippen molar-refractivity contribution in [3.8, 4) is 5.75 Å². The van der Waals surface area contributed by atoms with Gasteiger partial charge in [-0.2, -0.15) is 0 Å². The summed E-state index contributed by atoms with van der Waals surface area (Å²) in [5, 5.41) is 8.57. The summed E-state index contributed by atoms with van der Waals surface area (Å²) >= 11 is 0. The van der Waals surface area contributed by atoms with Crippen LogP contribution in [0.15, 0.2) is 28.7 Å². The quantitative estimate of drug-likeness (QED) is 0.796. The number of hydrogen-bond acceptors (Lipinski definition) is 6. The van der Waals surface area contributed by atoms with Gasteiger partial charge < -0.3 is 14.1 Å². The Morgan fingerprint density at radius 1 is 1.07 bits per heavy atom. The van der Waals surface area contributed by atoms with E-state index in [0.29, 0.717) is 29.8 Å².